The molecular formula is C9H12ClN5. The third kappa shape index (κ3) is 1.83. The summed E-state index contributed by atoms with van der Waals surface area (Å²) in [4.78, 5) is 0. The Balaban J connectivity index is 2.28. The van der Waals surface area contributed by atoms with Crippen LogP contribution in [0.1, 0.15) is 11.4 Å². The second-order valence-electron chi connectivity index (χ2n) is 3.44. The second kappa shape index (κ2) is 3.58. The Morgan fingerprint density at radius 2 is 2.20 bits per heavy atom. The summed E-state index contributed by atoms with van der Waals surface area (Å²) in [5.74, 6) is 0. The molecule has 5 nitrogen and oxygen atoms in total. The molecule has 0 saturated carbocycles. The van der Waals surface area contributed by atoms with E-state index >= 15 is 0 Å². The van der Waals surface area contributed by atoms with Gasteiger partial charge in [-0.1, -0.05) is 11.6 Å². The van der Waals surface area contributed by atoms with E-state index in [1.165, 1.54) is 0 Å². The predicted octanol–water partition coefficient (Wildman–Crippen LogP) is 1.44. The lowest BCUT2D eigenvalue weighted by Gasteiger charge is -2.03. The zero-order chi connectivity index (χ0) is 11.0. The van der Waals surface area contributed by atoms with Crippen molar-refractivity contribution >= 4 is 17.3 Å². The van der Waals surface area contributed by atoms with Gasteiger partial charge in [0.15, 0.2) is 0 Å². The van der Waals surface area contributed by atoms with Gasteiger partial charge in [-0.2, -0.15) is 10.2 Å². The first-order chi connectivity index (χ1) is 7.08. The average Bonchev–Trinajstić information content (AvgIpc) is 2.68. The van der Waals surface area contributed by atoms with Crippen molar-refractivity contribution in [2.75, 3.05) is 5.73 Å². The molecule has 80 valence electrons. The molecule has 0 amide bonds. The molecule has 0 aromatic carbocycles. The van der Waals surface area contributed by atoms with Crippen molar-refractivity contribution < 1.29 is 0 Å². The molecule has 6 heteroatoms. The van der Waals surface area contributed by atoms with Crippen molar-refractivity contribution in [2.24, 2.45) is 0 Å². The summed E-state index contributed by atoms with van der Waals surface area (Å²) in [5, 5.41) is 9.08. The highest BCUT2D eigenvalue weighted by molar-refractivity contribution is 6.31. The van der Waals surface area contributed by atoms with Crippen LogP contribution in [0.3, 0.4) is 0 Å². The summed E-state index contributed by atoms with van der Waals surface area (Å²) in [6.07, 6.45) is 3.36. The molecular weight excluding hydrogens is 214 g/mol. The first-order valence-corrected chi connectivity index (χ1v) is 4.93. The molecule has 2 N–H and O–H groups in total. The van der Waals surface area contributed by atoms with Gasteiger partial charge in [-0.05, 0) is 13.8 Å². The van der Waals surface area contributed by atoms with E-state index in [-0.39, 0.29) is 0 Å². The standard InChI is InChI=1S/C9H12ClN5/c1-6-9(10)7(2)15(13-6)5-14-4-8(11)3-12-14/h3-4H,5,11H2,1-2H3. The Labute approximate surface area is 92.4 Å². The van der Waals surface area contributed by atoms with Crippen molar-refractivity contribution in [2.45, 2.75) is 20.5 Å². The number of nitrogens with zero attached hydrogens (tertiary/aromatic N) is 4. The molecule has 2 aromatic heterocycles. The van der Waals surface area contributed by atoms with Gasteiger partial charge in [0.05, 0.1) is 34.5 Å². The van der Waals surface area contributed by atoms with Crippen LogP contribution >= 0.6 is 11.6 Å². The number of anilines is 1. The quantitative estimate of drug-likeness (QED) is 0.841. The molecule has 0 radical (unpaired) electrons. The van der Waals surface area contributed by atoms with E-state index in [0.29, 0.717) is 17.4 Å². The minimum atomic E-state index is 0.524. The van der Waals surface area contributed by atoms with Gasteiger partial charge < -0.3 is 5.73 Å². The monoisotopic (exact) mass is 225 g/mol. The summed E-state index contributed by atoms with van der Waals surface area (Å²) in [7, 11) is 0. The number of aromatic nitrogens is 4. The van der Waals surface area contributed by atoms with Crippen molar-refractivity contribution in [1.29, 1.82) is 0 Å². The number of rotatable bonds is 2. The summed E-state index contributed by atoms with van der Waals surface area (Å²) in [6, 6.07) is 0. The van der Waals surface area contributed by atoms with Crippen molar-refractivity contribution in [3.63, 3.8) is 0 Å². The highest BCUT2D eigenvalue weighted by atomic mass is 35.5. The largest absolute Gasteiger partial charge is 0.396 e. The maximum Gasteiger partial charge on any atom is 0.133 e. The van der Waals surface area contributed by atoms with Crippen LogP contribution in [0.4, 0.5) is 5.69 Å². The molecule has 0 unspecified atom stereocenters. The van der Waals surface area contributed by atoms with Crippen LogP contribution in [0.25, 0.3) is 0 Å². The average molecular weight is 226 g/mol. The lowest BCUT2D eigenvalue weighted by molar-refractivity contribution is 0.491. The van der Waals surface area contributed by atoms with Crippen LogP contribution in [0.15, 0.2) is 12.4 Å². The van der Waals surface area contributed by atoms with E-state index in [1.54, 1.807) is 21.8 Å². The zero-order valence-electron chi connectivity index (χ0n) is 8.61. The molecule has 0 bridgehead atoms. The molecule has 0 saturated heterocycles. The number of hydrogen-bond donors (Lipinski definition) is 1. The summed E-state index contributed by atoms with van der Waals surface area (Å²) in [6.45, 7) is 4.33. The highest BCUT2D eigenvalue weighted by Crippen LogP contribution is 2.18. The maximum atomic E-state index is 6.03. The Hall–Kier alpha value is -1.49. The Kier molecular flexibility index (Phi) is 2.40. The number of halogens is 1. The van der Waals surface area contributed by atoms with E-state index in [2.05, 4.69) is 10.2 Å². The molecule has 0 fully saturated rings. The molecule has 2 aromatic rings. The van der Waals surface area contributed by atoms with Crippen LogP contribution in [-0.4, -0.2) is 19.6 Å². The fraction of sp³-hybridized carbons (Fsp3) is 0.333. The Bertz CT molecular complexity index is 485. The van der Waals surface area contributed by atoms with E-state index < -0.39 is 0 Å². The van der Waals surface area contributed by atoms with Gasteiger partial charge in [0.25, 0.3) is 0 Å². The molecule has 0 aliphatic rings. The fourth-order valence-corrected chi connectivity index (χ4v) is 1.54. The van der Waals surface area contributed by atoms with Crippen LogP contribution in [-0.2, 0) is 6.67 Å². The van der Waals surface area contributed by atoms with Crippen LogP contribution in [0.5, 0.6) is 0 Å². The molecule has 0 aliphatic carbocycles. The van der Waals surface area contributed by atoms with Gasteiger partial charge in [-0.15, -0.1) is 0 Å². The lowest BCUT2D eigenvalue weighted by atomic mass is 10.4. The number of aryl methyl sites for hydroxylation is 1. The van der Waals surface area contributed by atoms with Crippen LogP contribution in [0, 0.1) is 13.8 Å². The first-order valence-electron chi connectivity index (χ1n) is 4.55. The molecule has 15 heavy (non-hydrogen) atoms. The minimum Gasteiger partial charge on any atom is -0.396 e. The second-order valence-corrected chi connectivity index (χ2v) is 3.82. The first kappa shape index (κ1) is 10.0. The third-order valence-corrected chi connectivity index (χ3v) is 2.77. The number of nitrogens with two attached hydrogens (primary N) is 1. The van der Waals surface area contributed by atoms with E-state index in [9.17, 15) is 0 Å². The molecule has 2 heterocycles. The van der Waals surface area contributed by atoms with Gasteiger partial charge in [0, 0.05) is 0 Å². The maximum absolute atomic E-state index is 6.03. The highest BCUT2D eigenvalue weighted by Gasteiger charge is 2.09. The van der Waals surface area contributed by atoms with E-state index in [0.717, 1.165) is 11.4 Å². The smallest absolute Gasteiger partial charge is 0.133 e. The minimum absolute atomic E-state index is 0.524. The zero-order valence-corrected chi connectivity index (χ0v) is 9.36. The molecule has 2 rings (SSSR count). The topological polar surface area (TPSA) is 61.7 Å². The lowest BCUT2D eigenvalue weighted by Crippen LogP contribution is -2.11. The van der Waals surface area contributed by atoms with Crippen molar-refractivity contribution in [3.8, 4) is 0 Å². The van der Waals surface area contributed by atoms with E-state index in [1.807, 2.05) is 13.8 Å². The predicted molar refractivity (Wildman–Crippen MR) is 58.7 cm³/mol. The Morgan fingerprint density at radius 3 is 2.67 bits per heavy atom. The SMILES string of the molecule is Cc1nn(Cn2cc(N)cn2)c(C)c1Cl. The molecule has 0 aliphatic heterocycles. The van der Waals surface area contributed by atoms with Crippen molar-refractivity contribution in [3.05, 3.63) is 28.8 Å². The Morgan fingerprint density at radius 1 is 1.47 bits per heavy atom. The van der Waals surface area contributed by atoms with Gasteiger partial charge in [-0.25, -0.2) is 9.36 Å². The van der Waals surface area contributed by atoms with Gasteiger partial charge in [-0.3, -0.25) is 0 Å². The van der Waals surface area contributed by atoms with Crippen LogP contribution < -0.4 is 5.73 Å². The fourth-order valence-electron chi connectivity index (χ4n) is 1.41. The normalized spacial score (nSPS) is 10.9. The summed E-state index contributed by atoms with van der Waals surface area (Å²) < 4.78 is 3.51. The van der Waals surface area contributed by atoms with Crippen LogP contribution in [0.2, 0.25) is 5.02 Å². The van der Waals surface area contributed by atoms with Crippen molar-refractivity contribution in [1.82, 2.24) is 19.6 Å². The molecule has 0 spiro atoms. The number of hydrogen-bond acceptors (Lipinski definition) is 3. The third-order valence-electron chi connectivity index (χ3n) is 2.23. The van der Waals surface area contributed by atoms with Gasteiger partial charge >= 0.3 is 0 Å². The van der Waals surface area contributed by atoms with E-state index in [4.69, 9.17) is 17.3 Å². The van der Waals surface area contributed by atoms with Gasteiger partial charge in [0.2, 0.25) is 0 Å². The van der Waals surface area contributed by atoms with Gasteiger partial charge in [0.1, 0.15) is 6.67 Å². The number of nitrogen functional groups attached to an aromatic ring is 1. The summed E-state index contributed by atoms with van der Waals surface area (Å²) >= 11 is 6.03. The molecule has 0 atom stereocenters. The summed E-state index contributed by atoms with van der Waals surface area (Å²) in [5.41, 5.74) is 7.97.